The van der Waals surface area contributed by atoms with Gasteiger partial charge in [-0.1, -0.05) is 27.7 Å². The van der Waals surface area contributed by atoms with Gasteiger partial charge in [-0.2, -0.15) is 0 Å². The molecule has 1 spiro atoms. The number of carboxylic acids is 1. The molecule has 42 heavy (non-hydrogen) atoms. The fourth-order valence-corrected chi connectivity index (χ4v) is 10.1. The van der Waals surface area contributed by atoms with Crippen LogP contribution in [0, 0.1) is 22.7 Å². The maximum Gasteiger partial charge on any atom is 0.355 e. The van der Waals surface area contributed by atoms with Crippen LogP contribution < -0.4 is 0 Å². The molecule has 0 aromatic carbocycles. The monoisotopic (exact) mass is 593 g/mol. The van der Waals surface area contributed by atoms with E-state index >= 15 is 0 Å². The van der Waals surface area contributed by atoms with E-state index in [1.54, 1.807) is 26.8 Å². The lowest BCUT2D eigenvalue weighted by Crippen LogP contribution is -2.75. The highest BCUT2D eigenvalue weighted by molar-refractivity contribution is 5.87. The minimum Gasteiger partial charge on any atom is -0.481 e. The molecule has 2 aliphatic heterocycles. The molecule has 2 saturated heterocycles. The molecule has 1 aromatic rings. The topological polar surface area (TPSA) is 216 Å². The fraction of sp³-hybridized carbons (Fsp3) is 0.759. The van der Waals surface area contributed by atoms with Gasteiger partial charge in [0.2, 0.25) is 0 Å². The molecule has 3 unspecified atom stereocenters. The maximum absolute atomic E-state index is 13.4. The summed E-state index contributed by atoms with van der Waals surface area (Å²) in [5, 5.41) is 73.1. The number of ether oxygens (including phenoxy) is 3. The van der Waals surface area contributed by atoms with Crippen LogP contribution in [-0.2, 0) is 23.8 Å². The van der Waals surface area contributed by atoms with Crippen molar-refractivity contribution in [3.8, 4) is 0 Å². The minimum atomic E-state index is -2.75. The summed E-state index contributed by atoms with van der Waals surface area (Å²) in [6.45, 7) is 7.65. The van der Waals surface area contributed by atoms with Crippen LogP contribution in [0.25, 0.3) is 0 Å². The summed E-state index contributed by atoms with van der Waals surface area (Å²) in [4.78, 5) is 40.2. The first-order valence-electron chi connectivity index (χ1n) is 14.4. The Morgan fingerprint density at radius 2 is 1.76 bits per heavy atom. The van der Waals surface area contributed by atoms with Crippen LogP contribution in [0.1, 0.15) is 77.2 Å². The average molecular weight is 594 g/mol. The zero-order valence-corrected chi connectivity index (χ0v) is 24.2. The molecule has 4 saturated carbocycles. The van der Waals surface area contributed by atoms with Gasteiger partial charge in [-0.15, -0.1) is 0 Å². The summed E-state index contributed by atoms with van der Waals surface area (Å²) in [6.07, 6.45) is -3.19. The van der Waals surface area contributed by atoms with Gasteiger partial charge in [0.1, 0.15) is 34.2 Å². The normalized spacial score (nSPS) is 51.5. The summed E-state index contributed by atoms with van der Waals surface area (Å²) < 4.78 is 18.1. The van der Waals surface area contributed by atoms with Crippen LogP contribution in [0.5, 0.6) is 0 Å². The number of rotatable bonds is 7. The summed E-state index contributed by atoms with van der Waals surface area (Å²) in [5.41, 5.74) is -16.4. The molecule has 0 amide bonds. The third-order valence-corrected chi connectivity index (χ3v) is 12.1. The lowest BCUT2D eigenvalue weighted by molar-refractivity contribution is -0.390. The van der Waals surface area contributed by atoms with E-state index in [2.05, 4.69) is 4.98 Å². The van der Waals surface area contributed by atoms with Crippen molar-refractivity contribution in [3.63, 3.8) is 0 Å². The largest absolute Gasteiger partial charge is 0.481 e. The van der Waals surface area contributed by atoms with Crippen molar-refractivity contribution in [2.24, 2.45) is 22.7 Å². The van der Waals surface area contributed by atoms with Gasteiger partial charge in [-0.3, -0.25) is 9.59 Å². The summed E-state index contributed by atoms with van der Waals surface area (Å²) in [6, 6.07) is 2.99. The van der Waals surface area contributed by atoms with Crippen LogP contribution in [0.15, 0.2) is 18.3 Å². The first-order chi connectivity index (χ1) is 19.3. The Hall–Kier alpha value is -2.55. The molecule has 11 atom stereocenters. The van der Waals surface area contributed by atoms with Crippen molar-refractivity contribution < 1.29 is 59.2 Å². The molecule has 232 valence electrons. The molecule has 6 bridgehead atoms. The zero-order chi connectivity index (χ0) is 31.1. The van der Waals surface area contributed by atoms with Crippen molar-refractivity contribution >= 4 is 17.9 Å². The highest BCUT2D eigenvalue weighted by atomic mass is 16.7. The second kappa shape index (κ2) is 8.13. The van der Waals surface area contributed by atoms with Gasteiger partial charge in [0.05, 0.1) is 18.3 Å². The maximum atomic E-state index is 13.4. The number of hydrogen-bond acceptors (Lipinski definition) is 11. The molecule has 6 aliphatic rings. The molecule has 3 heterocycles. The van der Waals surface area contributed by atoms with Gasteiger partial charge in [0.25, 0.3) is 0 Å². The van der Waals surface area contributed by atoms with Gasteiger partial charge < -0.3 is 49.8 Å². The molecule has 6 fully saturated rings. The summed E-state index contributed by atoms with van der Waals surface area (Å²) in [5.74, 6) is -6.98. The summed E-state index contributed by atoms with van der Waals surface area (Å²) in [7, 11) is 0. The minimum absolute atomic E-state index is 0.00840. The molecule has 7 N–H and O–H groups in total. The number of H-pyrrole nitrogens is 1. The molecule has 13 nitrogen and oxygen atoms in total. The number of hydrogen-bond donors (Lipinski definition) is 7. The van der Waals surface area contributed by atoms with E-state index < -0.39 is 106 Å². The molecule has 1 aromatic heterocycles. The van der Waals surface area contributed by atoms with E-state index in [4.69, 9.17) is 19.3 Å². The van der Waals surface area contributed by atoms with E-state index in [1.165, 1.54) is 26.1 Å². The Kier molecular flexibility index (Phi) is 5.71. The second-order valence-corrected chi connectivity index (χ2v) is 13.8. The summed E-state index contributed by atoms with van der Waals surface area (Å²) >= 11 is 0. The third kappa shape index (κ3) is 2.56. The van der Waals surface area contributed by atoms with E-state index in [0.717, 1.165) is 0 Å². The van der Waals surface area contributed by atoms with E-state index in [0.29, 0.717) is 0 Å². The van der Waals surface area contributed by atoms with E-state index in [1.807, 2.05) is 0 Å². The van der Waals surface area contributed by atoms with Gasteiger partial charge >= 0.3 is 17.9 Å². The first kappa shape index (κ1) is 29.5. The number of esters is 2. The number of carboxylic acid groups (broad SMARTS) is 1. The van der Waals surface area contributed by atoms with Crippen LogP contribution in [0.2, 0.25) is 0 Å². The number of aromatic nitrogens is 1. The van der Waals surface area contributed by atoms with Crippen molar-refractivity contribution in [2.45, 2.75) is 113 Å². The van der Waals surface area contributed by atoms with Crippen molar-refractivity contribution in [3.05, 3.63) is 24.0 Å². The number of aromatic amines is 1. The molecular weight excluding hydrogens is 554 g/mol. The highest BCUT2D eigenvalue weighted by Crippen LogP contribution is 2.90. The fourth-order valence-electron chi connectivity index (χ4n) is 10.1. The Morgan fingerprint density at radius 3 is 2.33 bits per heavy atom. The van der Waals surface area contributed by atoms with Crippen LogP contribution in [0.3, 0.4) is 0 Å². The number of carbonyl (C=O) groups is 3. The highest BCUT2D eigenvalue weighted by Gasteiger charge is 3.10. The lowest BCUT2D eigenvalue weighted by atomic mass is 9.52. The van der Waals surface area contributed by atoms with Gasteiger partial charge in [0, 0.05) is 18.0 Å². The van der Waals surface area contributed by atoms with Crippen LogP contribution in [-0.4, -0.2) is 99.5 Å². The Morgan fingerprint density at radius 1 is 1.10 bits per heavy atom. The van der Waals surface area contributed by atoms with Crippen molar-refractivity contribution in [2.75, 3.05) is 0 Å². The third-order valence-electron chi connectivity index (χ3n) is 12.1. The zero-order valence-electron chi connectivity index (χ0n) is 24.2. The average Bonchev–Trinajstić information content (AvgIpc) is 3.53. The van der Waals surface area contributed by atoms with Crippen molar-refractivity contribution in [1.82, 2.24) is 4.98 Å². The van der Waals surface area contributed by atoms with E-state index in [-0.39, 0.29) is 18.5 Å². The number of aliphatic hydroxyl groups is 5. The Balaban J connectivity index is 1.61. The quantitative estimate of drug-likeness (QED) is 0.212. The van der Waals surface area contributed by atoms with E-state index in [9.17, 15) is 39.9 Å². The molecule has 7 rings (SSSR count). The van der Waals surface area contributed by atoms with Gasteiger partial charge in [-0.05, 0) is 43.7 Å². The number of aliphatic carboxylic acids is 1. The van der Waals surface area contributed by atoms with Gasteiger partial charge in [0.15, 0.2) is 17.5 Å². The first-order valence-corrected chi connectivity index (χ1v) is 14.4. The molecule has 4 aliphatic carbocycles. The SMILES string of the molecule is CC1CC[C@]2(O)[C@]3(C)C[C@]4(O)O[C@@]2(C1OC(=O)CCC(=O)O)[C@]1(O)[C@@]3(O)C(OC(=O)c2ccc[nH]2)[C@](O)(C(C)C)[C@@]14C. The Labute approximate surface area is 241 Å². The molecule has 13 heteroatoms. The standard InChI is InChI=1S/C29H39NO12/c1-14(2)26(37)21(41-20(34)16-7-6-12-30-16)27(38)22(4)13-25(36)23(26,5)29(27,39)28(42-25)19(15(3)10-11-24(22,28)35)40-18(33)9-8-17(31)32/h6-7,12,14-15,19,21,30,35-39H,8-11,13H2,1-5H3,(H,31,32)/t15?,19?,21?,22-,23-,24-,25-,26+,27+,28+,29+/m0/s1. The lowest BCUT2D eigenvalue weighted by Gasteiger charge is -2.61. The molecular formula is C29H39NO12. The van der Waals surface area contributed by atoms with Crippen molar-refractivity contribution in [1.29, 1.82) is 0 Å². The predicted octanol–water partition coefficient (Wildman–Crippen LogP) is 0.228. The number of carbonyl (C=O) groups excluding carboxylic acids is 2. The second-order valence-electron chi connectivity index (χ2n) is 13.8. The Bertz CT molecular complexity index is 1370. The smallest absolute Gasteiger partial charge is 0.355 e. The van der Waals surface area contributed by atoms with Crippen LogP contribution >= 0.6 is 0 Å². The molecule has 0 radical (unpaired) electrons. The van der Waals surface area contributed by atoms with Gasteiger partial charge in [-0.25, -0.2) is 4.79 Å². The predicted molar refractivity (Wildman–Crippen MR) is 139 cm³/mol. The van der Waals surface area contributed by atoms with Crippen LogP contribution in [0.4, 0.5) is 0 Å². The number of nitrogens with one attached hydrogen (secondary N) is 1.